The molecule has 2 atom stereocenters. The van der Waals surface area contributed by atoms with E-state index in [1.165, 1.54) is 24.3 Å². The number of rotatable bonds is 16. The third-order valence-electron chi connectivity index (χ3n) is 5.56. The number of hydrogen-bond donors (Lipinski definition) is 2. The first-order valence-corrected chi connectivity index (χ1v) is 15.3. The van der Waals surface area contributed by atoms with Crippen molar-refractivity contribution in [2.75, 3.05) is 0 Å². The summed E-state index contributed by atoms with van der Waals surface area (Å²) in [4.78, 5) is 21.0. The zero-order valence-corrected chi connectivity index (χ0v) is 23.8. The zero-order chi connectivity index (χ0) is 29.2. The third kappa shape index (κ3) is 8.60. The standard InChI is InChI=1S/C30H32O8P2/c1-5-12-23-16-9-20-29(27(23)14-7-3)37-39(31,32)35-25-18-11-19-26(22-25)36-40(33,34)38-30-21-10-17-24(13-6-2)28(30)15-8-4/h5-11,16-22H,1-4,12-15H2,(H,31,32)(H,33,34). The minimum Gasteiger partial charge on any atom is -0.395 e. The van der Waals surface area contributed by atoms with Crippen molar-refractivity contribution >= 4 is 15.6 Å². The van der Waals surface area contributed by atoms with Crippen LogP contribution in [-0.4, -0.2) is 9.79 Å². The molecule has 2 N–H and O–H groups in total. The molecule has 0 fully saturated rings. The highest BCUT2D eigenvalue weighted by molar-refractivity contribution is 7.48. The molecular formula is C30H32O8P2. The summed E-state index contributed by atoms with van der Waals surface area (Å²) < 4.78 is 47.0. The van der Waals surface area contributed by atoms with Gasteiger partial charge in [0, 0.05) is 17.2 Å². The second-order valence-corrected chi connectivity index (χ2v) is 11.1. The summed E-state index contributed by atoms with van der Waals surface area (Å²) in [6.45, 7) is 14.9. The van der Waals surface area contributed by atoms with Gasteiger partial charge < -0.3 is 18.1 Å². The zero-order valence-electron chi connectivity index (χ0n) is 22.0. The summed E-state index contributed by atoms with van der Waals surface area (Å²) >= 11 is 0. The number of hydrogen-bond acceptors (Lipinski definition) is 6. The Morgan fingerprint density at radius 2 is 0.950 bits per heavy atom. The molecule has 0 bridgehead atoms. The molecule has 0 aromatic heterocycles. The van der Waals surface area contributed by atoms with Crippen LogP contribution in [0, 0.1) is 0 Å². The highest BCUT2D eigenvalue weighted by atomic mass is 31.2. The maximum atomic E-state index is 12.9. The summed E-state index contributed by atoms with van der Waals surface area (Å²) in [6, 6.07) is 15.6. The number of phosphoric acid groups is 2. The van der Waals surface area contributed by atoms with Gasteiger partial charge in [0.25, 0.3) is 0 Å². The van der Waals surface area contributed by atoms with Crippen molar-refractivity contribution in [3.05, 3.63) is 134 Å². The molecule has 0 saturated carbocycles. The first-order chi connectivity index (χ1) is 19.1. The highest BCUT2D eigenvalue weighted by Gasteiger charge is 2.29. The smallest absolute Gasteiger partial charge is 0.395 e. The minimum atomic E-state index is -4.67. The molecule has 3 aromatic rings. The molecule has 0 aliphatic rings. The van der Waals surface area contributed by atoms with Crippen LogP contribution in [0.3, 0.4) is 0 Å². The van der Waals surface area contributed by atoms with Crippen LogP contribution in [0.15, 0.2) is 111 Å². The van der Waals surface area contributed by atoms with Crippen LogP contribution in [0.2, 0.25) is 0 Å². The van der Waals surface area contributed by atoms with Crippen molar-refractivity contribution < 1.29 is 37.0 Å². The van der Waals surface area contributed by atoms with Crippen LogP contribution < -0.4 is 18.1 Å². The molecule has 2 unspecified atom stereocenters. The van der Waals surface area contributed by atoms with Gasteiger partial charge in [-0.15, -0.1) is 26.3 Å². The van der Waals surface area contributed by atoms with E-state index in [1.54, 1.807) is 48.6 Å². The number of benzene rings is 3. The molecule has 0 aliphatic carbocycles. The van der Waals surface area contributed by atoms with Gasteiger partial charge in [-0.2, -0.15) is 0 Å². The van der Waals surface area contributed by atoms with Gasteiger partial charge >= 0.3 is 15.6 Å². The first kappa shape index (κ1) is 30.7. The molecule has 0 amide bonds. The lowest BCUT2D eigenvalue weighted by atomic mass is 10.0. The Morgan fingerprint density at radius 1 is 0.575 bits per heavy atom. The van der Waals surface area contributed by atoms with Gasteiger partial charge in [-0.05, 0) is 61.1 Å². The van der Waals surface area contributed by atoms with Crippen LogP contribution in [0.25, 0.3) is 0 Å². The van der Waals surface area contributed by atoms with Gasteiger partial charge in [-0.3, -0.25) is 9.79 Å². The Morgan fingerprint density at radius 3 is 1.32 bits per heavy atom. The molecule has 3 aromatic carbocycles. The highest BCUT2D eigenvalue weighted by Crippen LogP contribution is 2.49. The van der Waals surface area contributed by atoms with E-state index in [0.717, 1.165) is 11.1 Å². The van der Waals surface area contributed by atoms with Gasteiger partial charge in [-0.1, -0.05) is 54.6 Å². The summed E-state index contributed by atoms with van der Waals surface area (Å²) in [5.41, 5.74) is 3.10. The lowest BCUT2D eigenvalue weighted by Gasteiger charge is -2.19. The Bertz CT molecular complexity index is 1370. The lowest BCUT2D eigenvalue weighted by molar-refractivity contribution is 0.287. The van der Waals surface area contributed by atoms with Crippen molar-refractivity contribution in [1.82, 2.24) is 0 Å². The van der Waals surface area contributed by atoms with E-state index < -0.39 is 15.6 Å². The molecule has 0 saturated heterocycles. The van der Waals surface area contributed by atoms with Crippen LogP contribution in [-0.2, 0) is 34.8 Å². The van der Waals surface area contributed by atoms with Crippen molar-refractivity contribution in [3.8, 4) is 23.0 Å². The van der Waals surface area contributed by atoms with E-state index in [1.807, 2.05) is 12.1 Å². The molecule has 210 valence electrons. The molecule has 0 radical (unpaired) electrons. The number of phosphoric ester groups is 2. The van der Waals surface area contributed by atoms with Crippen LogP contribution in [0.5, 0.6) is 23.0 Å². The van der Waals surface area contributed by atoms with E-state index in [2.05, 4.69) is 26.3 Å². The second kappa shape index (κ2) is 14.0. The predicted octanol–water partition coefficient (Wildman–Crippen LogP) is 7.72. The average Bonchev–Trinajstić information content (AvgIpc) is 2.87. The summed E-state index contributed by atoms with van der Waals surface area (Å²) in [5.74, 6) is 0.0758. The lowest BCUT2D eigenvalue weighted by Crippen LogP contribution is -2.05. The molecule has 3 rings (SSSR count). The predicted molar refractivity (Wildman–Crippen MR) is 157 cm³/mol. The van der Waals surface area contributed by atoms with Crippen molar-refractivity contribution in [1.29, 1.82) is 0 Å². The Labute approximate surface area is 234 Å². The van der Waals surface area contributed by atoms with E-state index in [9.17, 15) is 18.9 Å². The van der Waals surface area contributed by atoms with Gasteiger partial charge in [0.05, 0.1) is 0 Å². The van der Waals surface area contributed by atoms with Crippen molar-refractivity contribution in [2.24, 2.45) is 0 Å². The fourth-order valence-electron chi connectivity index (χ4n) is 3.98. The fraction of sp³-hybridized carbons (Fsp3) is 0.133. The van der Waals surface area contributed by atoms with E-state index in [-0.39, 0.29) is 23.0 Å². The molecule has 0 heterocycles. The maximum absolute atomic E-state index is 12.9. The van der Waals surface area contributed by atoms with Gasteiger partial charge in [0.15, 0.2) is 0 Å². The molecule has 40 heavy (non-hydrogen) atoms. The van der Waals surface area contributed by atoms with Crippen molar-refractivity contribution in [2.45, 2.75) is 25.7 Å². The quantitative estimate of drug-likeness (QED) is 0.130. The molecule has 0 spiro atoms. The number of allylic oxidation sites excluding steroid dienone is 4. The molecule has 8 nitrogen and oxygen atoms in total. The first-order valence-electron chi connectivity index (χ1n) is 12.3. The van der Waals surface area contributed by atoms with E-state index >= 15 is 0 Å². The normalized spacial score (nSPS) is 13.7. The Hall–Kier alpha value is -3.80. The van der Waals surface area contributed by atoms with Gasteiger partial charge in [-0.25, -0.2) is 9.13 Å². The topological polar surface area (TPSA) is 112 Å². The Kier molecular flexibility index (Phi) is 10.8. The van der Waals surface area contributed by atoms with Crippen LogP contribution in [0.1, 0.15) is 22.3 Å². The fourth-order valence-corrected chi connectivity index (χ4v) is 5.65. The third-order valence-corrected chi connectivity index (χ3v) is 7.30. The summed E-state index contributed by atoms with van der Waals surface area (Å²) in [6.07, 6.45) is 8.62. The van der Waals surface area contributed by atoms with Gasteiger partial charge in [0.2, 0.25) is 0 Å². The molecule has 10 heteroatoms. The van der Waals surface area contributed by atoms with Crippen molar-refractivity contribution in [3.63, 3.8) is 0 Å². The monoisotopic (exact) mass is 582 g/mol. The Balaban J connectivity index is 1.78. The van der Waals surface area contributed by atoms with Crippen LogP contribution in [0.4, 0.5) is 0 Å². The second-order valence-electron chi connectivity index (χ2n) is 8.54. The van der Waals surface area contributed by atoms with E-state index in [4.69, 9.17) is 18.1 Å². The summed E-state index contributed by atoms with van der Waals surface area (Å²) in [7, 11) is -9.35. The van der Waals surface area contributed by atoms with E-state index in [0.29, 0.717) is 36.8 Å². The largest absolute Gasteiger partial charge is 0.584 e. The molecular weight excluding hydrogens is 550 g/mol. The average molecular weight is 583 g/mol. The minimum absolute atomic E-state index is 0.129. The SMILES string of the molecule is C=CCc1cccc(OP(=O)(O)Oc2cccc(OP(=O)(O)Oc3cccc(CC=C)c3CC=C)c2)c1CC=C. The van der Waals surface area contributed by atoms with Gasteiger partial charge in [0.1, 0.15) is 23.0 Å². The van der Waals surface area contributed by atoms with Crippen LogP contribution >= 0.6 is 15.6 Å². The molecule has 0 aliphatic heterocycles. The summed E-state index contributed by atoms with van der Waals surface area (Å²) in [5, 5.41) is 0. The maximum Gasteiger partial charge on any atom is 0.584 e.